The van der Waals surface area contributed by atoms with Crippen molar-refractivity contribution in [2.75, 3.05) is 19.6 Å². The maximum Gasteiger partial charge on any atom is 0.142 e. The van der Waals surface area contributed by atoms with Crippen LogP contribution < -0.4 is 5.32 Å². The SMILES string of the molecule is CCCNC(C)C1CCN(Cc2ncccn2)CC1. The first kappa shape index (κ1) is 14.4. The molecule has 1 aliphatic heterocycles. The van der Waals surface area contributed by atoms with Gasteiger partial charge in [0.2, 0.25) is 0 Å². The Balaban J connectivity index is 1.73. The minimum Gasteiger partial charge on any atom is -0.314 e. The molecule has 1 unspecified atom stereocenters. The standard InChI is InChI=1S/C15H26N4/c1-3-7-16-13(2)14-5-10-19(11-6-14)12-15-17-8-4-9-18-15/h4,8-9,13-14,16H,3,5-7,10-12H2,1-2H3. The predicted molar refractivity (Wildman–Crippen MR) is 77.8 cm³/mol. The summed E-state index contributed by atoms with van der Waals surface area (Å²) in [6, 6.07) is 2.52. The van der Waals surface area contributed by atoms with Gasteiger partial charge in [-0.15, -0.1) is 0 Å². The molecule has 0 aromatic carbocycles. The molecule has 1 saturated heterocycles. The zero-order valence-electron chi connectivity index (χ0n) is 12.2. The summed E-state index contributed by atoms with van der Waals surface area (Å²) < 4.78 is 0. The molecule has 0 spiro atoms. The number of aromatic nitrogens is 2. The molecule has 1 aromatic rings. The van der Waals surface area contributed by atoms with Crippen LogP contribution in [0.4, 0.5) is 0 Å². The molecule has 2 heterocycles. The molecule has 4 heteroatoms. The van der Waals surface area contributed by atoms with E-state index in [2.05, 4.69) is 34.0 Å². The number of likely N-dealkylation sites (tertiary alicyclic amines) is 1. The average molecular weight is 262 g/mol. The van der Waals surface area contributed by atoms with Crippen LogP contribution in [0.25, 0.3) is 0 Å². The molecule has 4 nitrogen and oxygen atoms in total. The maximum absolute atomic E-state index is 4.30. The molecule has 1 aliphatic rings. The maximum atomic E-state index is 4.30. The van der Waals surface area contributed by atoms with E-state index in [1.165, 1.54) is 32.4 Å². The second kappa shape index (κ2) is 7.56. The van der Waals surface area contributed by atoms with Crippen LogP contribution in [0.15, 0.2) is 18.5 Å². The van der Waals surface area contributed by atoms with Gasteiger partial charge < -0.3 is 5.32 Å². The molecule has 2 rings (SSSR count). The Morgan fingerprint density at radius 1 is 1.32 bits per heavy atom. The van der Waals surface area contributed by atoms with Gasteiger partial charge in [-0.2, -0.15) is 0 Å². The van der Waals surface area contributed by atoms with E-state index >= 15 is 0 Å². The van der Waals surface area contributed by atoms with E-state index in [1.54, 1.807) is 0 Å². The molecule has 0 saturated carbocycles. The van der Waals surface area contributed by atoms with Crippen LogP contribution in [0.1, 0.15) is 38.9 Å². The van der Waals surface area contributed by atoms with Crippen LogP contribution in [-0.4, -0.2) is 40.5 Å². The molecular formula is C15H26N4. The third kappa shape index (κ3) is 4.55. The van der Waals surface area contributed by atoms with Gasteiger partial charge in [0.1, 0.15) is 5.82 Å². The minimum atomic E-state index is 0.648. The van der Waals surface area contributed by atoms with E-state index in [-0.39, 0.29) is 0 Å². The summed E-state index contributed by atoms with van der Waals surface area (Å²) in [6.45, 7) is 8.92. The lowest BCUT2D eigenvalue weighted by Crippen LogP contribution is -2.42. The molecule has 0 radical (unpaired) electrons. The first-order valence-corrected chi connectivity index (χ1v) is 7.51. The Morgan fingerprint density at radius 3 is 2.63 bits per heavy atom. The fourth-order valence-electron chi connectivity index (χ4n) is 2.76. The summed E-state index contributed by atoms with van der Waals surface area (Å²) in [5, 5.41) is 3.62. The number of nitrogens with zero attached hydrogens (tertiary/aromatic N) is 3. The van der Waals surface area contributed by atoms with Gasteiger partial charge in [-0.1, -0.05) is 6.92 Å². The summed E-state index contributed by atoms with van der Waals surface area (Å²) >= 11 is 0. The highest BCUT2D eigenvalue weighted by Crippen LogP contribution is 2.21. The molecule has 1 N–H and O–H groups in total. The molecule has 0 aliphatic carbocycles. The Labute approximate surface area is 116 Å². The van der Waals surface area contributed by atoms with Crippen molar-refractivity contribution < 1.29 is 0 Å². The monoisotopic (exact) mass is 262 g/mol. The fraction of sp³-hybridized carbons (Fsp3) is 0.733. The first-order chi connectivity index (χ1) is 9.29. The lowest BCUT2D eigenvalue weighted by Gasteiger charge is -2.34. The molecular weight excluding hydrogens is 236 g/mol. The lowest BCUT2D eigenvalue weighted by atomic mass is 9.90. The van der Waals surface area contributed by atoms with E-state index in [9.17, 15) is 0 Å². The van der Waals surface area contributed by atoms with Gasteiger partial charge >= 0.3 is 0 Å². The van der Waals surface area contributed by atoms with Crippen molar-refractivity contribution >= 4 is 0 Å². The van der Waals surface area contributed by atoms with Crippen LogP contribution in [0.5, 0.6) is 0 Å². The van der Waals surface area contributed by atoms with E-state index in [1.807, 2.05) is 18.5 Å². The molecule has 0 bridgehead atoms. The highest BCUT2D eigenvalue weighted by atomic mass is 15.1. The Morgan fingerprint density at radius 2 is 2.00 bits per heavy atom. The summed E-state index contributed by atoms with van der Waals surface area (Å²) in [5.74, 6) is 1.76. The zero-order chi connectivity index (χ0) is 13.5. The van der Waals surface area contributed by atoms with Gasteiger partial charge in [-0.25, -0.2) is 9.97 Å². The van der Waals surface area contributed by atoms with Crippen molar-refractivity contribution in [3.05, 3.63) is 24.3 Å². The second-order valence-corrected chi connectivity index (χ2v) is 5.52. The molecule has 0 amide bonds. The van der Waals surface area contributed by atoms with Gasteiger partial charge in [-0.3, -0.25) is 4.90 Å². The quantitative estimate of drug-likeness (QED) is 0.852. The molecule has 1 fully saturated rings. The van der Waals surface area contributed by atoms with Gasteiger partial charge in [0.05, 0.1) is 6.54 Å². The van der Waals surface area contributed by atoms with Crippen molar-refractivity contribution in [2.24, 2.45) is 5.92 Å². The number of hydrogen-bond acceptors (Lipinski definition) is 4. The lowest BCUT2D eigenvalue weighted by molar-refractivity contribution is 0.154. The van der Waals surface area contributed by atoms with Crippen LogP contribution in [0, 0.1) is 5.92 Å². The zero-order valence-corrected chi connectivity index (χ0v) is 12.2. The van der Waals surface area contributed by atoms with E-state index in [0.29, 0.717) is 6.04 Å². The van der Waals surface area contributed by atoms with Crippen molar-refractivity contribution in [2.45, 2.75) is 45.7 Å². The van der Waals surface area contributed by atoms with E-state index < -0.39 is 0 Å². The van der Waals surface area contributed by atoms with Gasteiger partial charge in [0.25, 0.3) is 0 Å². The van der Waals surface area contributed by atoms with Crippen molar-refractivity contribution in [3.8, 4) is 0 Å². The Kier molecular flexibility index (Phi) is 5.73. The van der Waals surface area contributed by atoms with E-state index in [4.69, 9.17) is 0 Å². The fourth-order valence-corrected chi connectivity index (χ4v) is 2.76. The van der Waals surface area contributed by atoms with Gasteiger partial charge in [0, 0.05) is 18.4 Å². The third-order valence-electron chi connectivity index (χ3n) is 4.04. The van der Waals surface area contributed by atoms with Crippen molar-refractivity contribution in [1.82, 2.24) is 20.2 Å². The highest BCUT2D eigenvalue weighted by molar-refractivity contribution is 4.89. The largest absolute Gasteiger partial charge is 0.314 e. The smallest absolute Gasteiger partial charge is 0.142 e. The third-order valence-corrected chi connectivity index (χ3v) is 4.04. The second-order valence-electron chi connectivity index (χ2n) is 5.52. The van der Waals surface area contributed by atoms with Crippen LogP contribution in [0.2, 0.25) is 0 Å². The molecule has 19 heavy (non-hydrogen) atoms. The Bertz CT molecular complexity index is 346. The van der Waals surface area contributed by atoms with Gasteiger partial charge in [0.15, 0.2) is 0 Å². The summed E-state index contributed by atoms with van der Waals surface area (Å²) in [5.41, 5.74) is 0. The molecule has 1 atom stereocenters. The average Bonchev–Trinajstić information content (AvgIpc) is 2.46. The summed E-state index contributed by atoms with van der Waals surface area (Å²) in [7, 11) is 0. The number of hydrogen-bond donors (Lipinski definition) is 1. The van der Waals surface area contributed by atoms with Crippen molar-refractivity contribution in [3.63, 3.8) is 0 Å². The van der Waals surface area contributed by atoms with Crippen LogP contribution >= 0.6 is 0 Å². The van der Waals surface area contributed by atoms with E-state index in [0.717, 1.165) is 24.8 Å². The van der Waals surface area contributed by atoms with Crippen molar-refractivity contribution in [1.29, 1.82) is 0 Å². The van der Waals surface area contributed by atoms with Crippen LogP contribution in [0.3, 0.4) is 0 Å². The Hall–Kier alpha value is -1.00. The van der Waals surface area contributed by atoms with Gasteiger partial charge in [-0.05, 0) is 57.8 Å². The first-order valence-electron chi connectivity index (χ1n) is 7.51. The highest BCUT2D eigenvalue weighted by Gasteiger charge is 2.23. The summed E-state index contributed by atoms with van der Waals surface area (Å²) in [4.78, 5) is 11.1. The summed E-state index contributed by atoms with van der Waals surface area (Å²) in [6.07, 6.45) is 7.43. The number of piperidine rings is 1. The number of rotatable bonds is 6. The normalized spacial score (nSPS) is 19.5. The van der Waals surface area contributed by atoms with Crippen LogP contribution in [-0.2, 0) is 6.54 Å². The molecule has 1 aromatic heterocycles. The molecule has 106 valence electrons. The minimum absolute atomic E-state index is 0.648. The topological polar surface area (TPSA) is 41.0 Å². The number of nitrogens with one attached hydrogen (secondary N) is 1. The predicted octanol–water partition coefficient (Wildman–Crippen LogP) is 2.08.